The van der Waals surface area contributed by atoms with Gasteiger partial charge in [0.15, 0.2) is 0 Å². The van der Waals surface area contributed by atoms with Gasteiger partial charge in [-0.2, -0.15) is 0 Å². The van der Waals surface area contributed by atoms with Crippen LogP contribution in [0.1, 0.15) is 32.0 Å². The zero-order chi connectivity index (χ0) is 21.3. The number of amides is 2. The van der Waals surface area contributed by atoms with Gasteiger partial charge in [0.25, 0.3) is 0 Å². The first-order valence-electron chi connectivity index (χ1n) is 10.2. The average Bonchev–Trinajstić information content (AvgIpc) is 3.28. The summed E-state index contributed by atoms with van der Waals surface area (Å²) in [6.07, 6.45) is 0.340. The normalized spacial score (nSPS) is 16.5. The number of aromatic nitrogens is 2. The Kier molecular flexibility index (Phi) is 5.44. The van der Waals surface area contributed by atoms with Crippen molar-refractivity contribution in [2.75, 3.05) is 18.6 Å². The molecule has 0 unspecified atom stereocenters. The van der Waals surface area contributed by atoms with Gasteiger partial charge in [0.1, 0.15) is 18.1 Å². The van der Waals surface area contributed by atoms with E-state index < -0.39 is 0 Å². The molecular weight excluding hydrogens is 380 g/mol. The molecule has 1 saturated heterocycles. The first-order valence-corrected chi connectivity index (χ1v) is 10.2. The Hall–Kier alpha value is -3.35. The van der Waals surface area contributed by atoms with Crippen molar-refractivity contribution < 1.29 is 14.3 Å². The second kappa shape index (κ2) is 8.18. The Balaban J connectivity index is 1.68. The van der Waals surface area contributed by atoms with Crippen LogP contribution in [0.4, 0.5) is 5.69 Å². The van der Waals surface area contributed by atoms with Crippen LogP contribution < -0.4 is 15.0 Å². The van der Waals surface area contributed by atoms with Crippen molar-refractivity contribution >= 4 is 28.5 Å². The minimum absolute atomic E-state index is 0.0229. The maximum Gasteiger partial charge on any atom is 0.240 e. The number of para-hydroxylation sites is 4. The van der Waals surface area contributed by atoms with Crippen LogP contribution in [0, 0.1) is 0 Å². The fraction of sp³-hybridized carbons (Fsp3) is 0.348. The zero-order valence-corrected chi connectivity index (χ0v) is 17.5. The van der Waals surface area contributed by atoms with Crippen molar-refractivity contribution in [1.82, 2.24) is 14.9 Å². The molecule has 0 spiro atoms. The van der Waals surface area contributed by atoms with E-state index in [1.807, 2.05) is 66.9 Å². The minimum Gasteiger partial charge on any atom is -0.495 e. The molecule has 1 N–H and O–H groups in total. The summed E-state index contributed by atoms with van der Waals surface area (Å²) in [7, 11) is 1.60. The summed E-state index contributed by atoms with van der Waals surface area (Å²) in [4.78, 5) is 31.9. The van der Waals surface area contributed by atoms with Crippen LogP contribution in [0.25, 0.3) is 11.0 Å². The zero-order valence-electron chi connectivity index (χ0n) is 17.5. The second-order valence-corrected chi connectivity index (χ2v) is 7.84. The third-order valence-electron chi connectivity index (χ3n) is 5.30. The predicted molar refractivity (Wildman–Crippen MR) is 116 cm³/mol. The highest BCUT2D eigenvalue weighted by molar-refractivity contribution is 5.98. The summed E-state index contributed by atoms with van der Waals surface area (Å²) >= 11 is 0. The van der Waals surface area contributed by atoms with Gasteiger partial charge in [-0.3, -0.25) is 9.59 Å². The van der Waals surface area contributed by atoms with E-state index >= 15 is 0 Å². The quantitative estimate of drug-likeness (QED) is 0.683. The van der Waals surface area contributed by atoms with E-state index in [1.165, 1.54) is 0 Å². The molecule has 7 heteroatoms. The number of benzene rings is 2. The number of ether oxygens (including phenoxy) is 1. The van der Waals surface area contributed by atoms with Gasteiger partial charge >= 0.3 is 0 Å². The summed E-state index contributed by atoms with van der Waals surface area (Å²) in [5, 5.41) is 2.94. The number of nitrogens with one attached hydrogen (secondary N) is 1. The van der Waals surface area contributed by atoms with E-state index in [9.17, 15) is 9.59 Å². The van der Waals surface area contributed by atoms with Crippen LogP contribution in [0.3, 0.4) is 0 Å². The Labute approximate surface area is 175 Å². The predicted octanol–water partition coefficient (Wildman–Crippen LogP) is 3.09. The van der Waals surface area contributed by atoms with Gasteiger partial charge in [-0.1, -0.05) is 24.3 Å². The van der Waals surface area contributed by atoms with Crippen molar-refractivity contribution in [2.24, 2.45) is 0 Å². The molecule has 1 atom stereocenters. The van der Waals surface area contributed by atoms with Crippen molar-refractivity contribution in [2.45, 2.75) is 38.8 Å². The Morgan fingerprint density at radius 3 is 2.70 bits per heavy atom. The lowest BCUT2D eigenvalue weighted by Gasteiger charge is -2.20. The molecule has 0 bridgehead atoms. The number of hydrogen-bond donors (Lipinski definition) is 1. The molecule has 1 aliphatic rings. The van der Waals surface area contributed by atoms with Crippen molar-refractivity contribution in [3.63, 3.8) is 0 Å². The number of methoxy groups -OCH3 is 1. The molecule has 2 heterocycles. The van der Waals surface area contributed by atoms with E-state index in [1.54, 1.807) is 12.0 Å². The maximum absolute atomic E-state index is 12.9. The summed E-state index contributed by atoms with van der Waals surface area (Å²) in [6, 6.07) is 15.3. The van der Waals surface area contributed by atoms with Crippen molar-refractivity contribution in [3.05, 3.63) is 54.4 Å². The average molecular weight is 406 g/mol. The number of nitrogens with zero attached hydrogens (tertiary/aromatic N) is 3. The third-order valence-corrected chi connectivity index (χ3v) is 5.30. The second-order valence-electron chi connectivity index (χ2n) is 7.84. The van der Waals surface area contributed by atoms with Gasteiger partial charge in [-0.15, -0.1) is 0 Å². The van der Waals surface area contributed by atoms with Gasteiger partial charge in [0.05, 0.1) is 23.8 Å². The molecule has 2 amide bonds. The van der Waals surface area contributed by atoms with E-state index in [0.29, 0.717) is 18.7 Å². The summed E-state index contributed by atoms with van der Waals surface area (Å²) in [6.45, 7) is 4.54. The van der Waals surface area contributed by atoms with E-state index in [0.717, 1.165) is 22.5 Å². The maximum atomic E-state index is 12.9. The molecule has 4 rings (SSSR count). The number of carbonyl (C=O) groups is 2. The molecule has 0 saturated carbocycles. The molecular formula is C23H26N4O3. The Bertz CT molecular complexity index is 1090. The summed E-state index contributed by atoms with van der Waals surface area (Å²) in [5.74, 6) is 1.27. The minimum atomic E-state index is -0.110. The van der Waals surface area contributed by atoms with Crippen LogP contribution in [-0.4, -0.2) is 41.1 Å². The van der Waals surface area contributed by atoms with Crippen LogP contribution >= 0.6 is 0 Å². The van der Waals surface area contributed by atoms with E-state index in [-0.39, 0.29) is 30.3 Å². The number of imidazole rings is 1. The van der Waals surface area contributed by atoms with Crippen molar-refractivity contribution in [3.8, 4) is 5.75 Å². The third kappa shape index (κ3) is 3.75. The molecule has 3 aromatic rings. The lowest BCUT2D eigenvalue weighted by atomic mass is 10.1. The number of rotatable bonds is 6. The highest BCUT2D eigenvalue weighted by atomic mass is 16.5. The molecule has 0 radical (unpaired) electrons. The van der Waals surface area contributed by atoms with Crippen LogP contribution in [0.2, 0.25) is 0 Å². The molecule has 156 valence electrons. The number of carbonyl (C=O) groups excluding carboxylic acids is 2. The fourth-order valence-electron chi connectivity index (χ4n) is 4.05. The molecule has 30 heavy (non-hydrogen) atoms. The van der Waals surface area contributed by atoms with Gasteiger partial charge in [0, 0.05) is 24.9 Å². The van der Waals surface area contributed by atoms with E-state index in [4.69, 9.17) is 9.72 Å². The molecule has 1 aromatic heterocycles. The number of hydrogen-bond acceptors (Lipinski definition) is 4. The van der Waals surface area contributed by atoms with Crippen LogP contribution in [-0.2, 0) is 16.1 Å². The van der Waals surface area contributed by atoms with Gasteiger partial charge < -0.3 is 19.5 Å². The molecule has 1 fully saturated rings. The molecule has 2 aromatic carbocycles. The fourth-order valence-corrected chi connectivity index (χ4v) is 4.05. The summed E-state index contributed by atoms with van der Waals surface area (Å²) in [5.41, 5.74) is 2.48. The lowest BCUT2D eigenvalue weighted by molar-refractivity contribution is -0.122. The van der Waals surface area contributed by atoms with Crippen molar-refractivity contribution in [1.29, 1.82) is 0 Å². The number of fused-ring (bicyclic) bond motifs is 1. The lowest BCUT2D eigenvalue weighted by Crippen LogP contribution is -2.33. The Morgan fingerprint density at radius 1 is 1.20 bits per heavy atom. The van der Waals surface area contributed by atoms with Gasteiger partial charge in [-0.05, 0) is 38.1 Å². The largest absolute Gasteiger partial charge is 0.495 e. The molecule has 7 nitrogen and oxygen atoms in total. The van der Waals surface area contributed by atoms with Gasteiger partial charge in [-0.25, -0.2) is 4.98 Å². The highest BCUT2D eigenvalue weighted by Crippen LogP contribution is 2.37. The monoisotopic (exact) mass is 406 g/mol. The highest BCUT2D eigenvalue weighted by Gasteiger charge is 2.36. The first kappa shape index (κ1) is 19.9. The SMILES string of the molecule is COc1ccccc1N1C[C@@H](c2nc3ccccc3n2CC(=O)NC(C)C)CC1=O. The van der Waals surface area contributed by atoms with Crippen LogP contribution in [0.5, 0.6) is 5.75 Å². The van der Waals surface area contributed by atoms with Gasteiger partial charge in [0.2, 0.25) is 11.8 Å². The summed E-state index contributed by atoms with van der Waals surface area (Å²) < 4.78 is 7.38. The van der Waals surface area contributed by atoms with E-state index in [2.05, 4.69) is 5.32 Å². The topological polar surface area (TPSA) is 76.5 Å². The standard InChI is InChI=1S/C23H26N4O3/c1-15(2)24-21(28)14-27-18-9-5-4-8-17(18)25-23(27)16-12-22(29)26(13-16)19-10-6-7-11-20(19)30-3/h4-11,15-16H,12-14H2,1-3H3,(H,24,28)/t16-/m0/s1. The Morgan fingerprint density at radius 2 is 1.93 bits per heavy atom. The number of anilines is 1. The molecule has 0 aliphatic carbocycles. The molecule has 1 aliphatic heterocycles. The smallest absolute Gasteiger partial charge is 0.240 e. The first-order chi connectivity index (χ1) is 14.5. The van der Waals surface area contributed by atoms with Crippen LogP contribution in [0.15, 0.2) is 48.5 Å².